The van der Waals surface area contributed by atoms with Gasteiger partial charge < -0.3 is 10.2 Å². The highest BCUT2D eigenvalue weighted by Gasteiger charge is 2.33. The molecule has 0 atom stereocenters. The fraction of sp³-hybridized carbons (Fsp3) is 0.0476. The first-order chi connectivity index (χ1) is 14.3. The summed E-state index contributed by atoms with van der Waals surface area (Å²) in [6.45, 7) is 1.43. The summed E-state index contributed by atoms with van der Waals surface area (Å²) in [4.78, 5) is 40.1. The lowest BCUT2D eigenvalue weighted by Crippen LogP contribution is -2.21. The Balaban J connectivity index is 1.88. The van der Waals surface area contributed by atoms with Gasteiger partial charge in [-0.3, -0.25) is 19.4 Å². The summed E-state index contributed by atoms with van der Waals surface area (Å²) in [5.41, 5.74) is -0.958. The van der Waals surface area contributed by atoms with E-state index in [-0.39, 0.29) is 50.5 Å². The Morgan fingerprint density at radius 3 is 2.27 bits per heavy atom. The molecule has 1 aliphatic carbocycles. The third-order valence-electron chi connectivity index (χ3n) is 4.81. The van der Waals surface area contributed by atoms with Crippen molar-refractivity contribution in [1.29, 1.82) is 5.26 Å². The zero-order valence-electron chi connectivity index (χ0n) is 15.4. The van der Waals surface area contributed by atoms with Crippen LogP contribution in [-0.4, -0.2) is 26.8 Å². The number of nitrogens with zero attached hydrogens (tertiary/aromatic N) is 3. The third-order valence-corrected chi connectivity index (χ3v) is 4.81. The molecule has 1 heterocycles. The highest BCUT2D eigenvalue weighted by atomic mass is 16.3. The average molecular weight is 400 g/mol. The number of carbonyl (C=O) groups is 2. The van der Waals surface area contributed by atoms with Gasteiger partial charge in [0.25, 0.3) is 5.56 Å². The van der Waals surface area contributed by atoms with Gasteiger partial charge in [0.1, 0.15) is 17.4 Å². The molecule has 0 aliphatic heterocycles. The van der Waals surface area contributed by atoms with Crippen molar-refractivity contribution in [3.8, 4) is 17.7 Å². The summed E-state index contributed by atoms with van der Waals surface area (Å²) in [6.07, 6.45) is 0. The number of pyridine rings is 1. The minimum atomic E-state index is -0.768. The molecule has 3 N–H and O–H groups in total. The second-order valence-electron chi connectivity index (χ2n) is 6.52. The molecule has 0 bridgehead atoms. The molecule has 9 nitrogen and oxygen atoms in total. The lowest BCUT2D eigenvalue weighted by Gasteiger charge is -2.19. The Kier molecular flexibility index (Phi) is 4.25. The number of benzene rings is 2. The van der Waals surface area contributed by atoms with E-state index in [2.05, 4.69) is 15.2 Å². The second kappa shape index (κ2) is 6.79. The van der Waals surface area contributed by atoms with Crippen LogP contribution >= 0.6 is 0 Å². The number of H-pyrrole nitrogens is 1. The largest absolute Gasteiger partial charge is 0.507 e. The van der Waals surface area contributed by atoms with Gasteiger partial charge in [-0.05, 0) is 19.1 Å². The van der Waals surface area contributed by atoms with Crippen LogP contribution in [-0.2, 0) is 0 Å². The zero-order valence-corrected chi connectivity index (χ0v) is 15.4. The summed E-state index contributed by atoms with van der Waals surface area (Å²) in [7, 11) is 0. The number of azo groups is 1. The minimum absolute atomic E-state index is 0.00211. The van der Waals surface area contributed by atoms with Crippen LogP contribution in [0, 0.1) is 18.3 Å². The molecule has 0 saturated carbocycles. The number of nitriles is 1. The topological polar surface area (TPSA) is 156 Å². The van der Waals surface area contributed by atoms with Crippen LogP contribution in [0.3, 0.4) is 0 Å². The summed E-state index contributed by atoms with van der Waals surface area (Å²) in [5, 5.41) is 36.7. The third kappa shape index (κ3) is 2.67. The van der Waals surface area contributed by atoms with E-state index in [0.717, 1.165) is 0 Å². The van der Waals surface area contributed by atoms with Gasteiger partial charge >= 0.3 is 0 Å². The Morgan fingerprint density at radius 2 is 1.57 bits per heavy atom. The van der Waals surface area contributed by atoms with Gasteiger partial charge in [0, 0.05) is 16.7 Å². The molecule has 0 unspecified atom stereocenters. The van der Waals surface area contributed by atoms with Crippen molar-refractivity contribution >= 4 is 22.9 Å². The van der Waals surface area contributed by atoms with Gasteiger partial charge in [-0.2, -0.15) is 5.26 Å². The van der Waals surface area contributed by atoms with E-state index in [9.17, 15) is 24.6 Å². The van der Waals surface area contributed by atoms with Crippen LogP contribution in [0.5, 0.6) is 11.6 Å². The Hall–Kier alpha value is -4.58. The normalized spacial score (nSPS) is 12.5. The van der Waals surface area contributed by atoms with Crippen LogP contribution in [0.15, 0.2) is 51.4 Å². The van der Waals surface area contributed by atoms with Gasteiger partial charge in [0.15, 0.2) is 17.3 Å². The van der Waals surface area contributed by atoms with E-state index < -0.39 is 23.0 Å². The van der Waals surface area contributed by atoms with Gasteiger partial charge in [-0.15, -0.1) is 10.2 Å². The highest BCUT2D eigenvalue weighted by Crippen LogP contribution is 2.37. The van der Waals surface area contributed by atoms with E-state index >= 15 is 0 Å². The standard InChI is InChI=1S/C21H12N4O5/c1-9-12(8-22)20(29)23-21(30)17(9)25-24-13-6-2-4-10-15(13)18(27)11-5-3-7-14(26)16(11)19(10)28/h2-7,26H,1H3,(H2,23,29,30). The number of aromatic amines is 1. The number of aromatic hydroxyl groups is 2. The second-order valence-corrected chi connectivity index (χ2v) is 6.52. The zero-order chi connectivity index (χ0) is 21.6. The first-order valence-electron chi connectivity index (χ1n) is 8.67. The lowest BCUT2D eigenvalue weighted by molar-refractivity contribution is 0.0977. The molecule has 4 rings (SSSR count). The molecule has 0 spiro atoms. The molecular formula is C21H12N4O5. The summed E-state index contributed by atoms with van der Waals surface area (Å²) >= 11 is 0. The predicted octanol–water partition coefficient (Wildman–Crippen LogP) is 3.16. The quantitative estimate of drug-likeness (QED) is 0.439. The maximum absolute atomic E-state index is 13.0. The van der Waals surface area contributed by atoms with E-state index in [4.69, 9.17) is 5.26 Å². The molecule has 0 fully saturated rings. The predicted molar refractivity (Wildman–Crippen MR) is 104 cm³/mol. The van der Waals surface area contributed by atoms with Crippen molar-refractivity contribution in [1.82, 2.24) is 4.98 Å². The molecule has 0 radical (unpaired) electrons. The van der Waals surface area contributed by atoms with E-state index in [0.29, 0.717) is 0 Å². The van der Waals surface area contributed by atoms with Crippen molar-refractivity contribution in [2.75, 3.05) is 0 Å². The van der Waals surface area contributed by atoms with Crippen molar-refractivity contribution in [2.45, 2.75) is 6.92 Å². The van der Waals surface area contributed by atoms with Crippen LogP contribution in [0.2, 0.25) is 0 Å². The van der Waals surface area contributed by atoms with Crippen molar-refractivity contribution < 1.29 is 19.8 Å². The number of phenolic OH excluding ortho intramolecular Hbond substituents is 1. The number of aromatic nitrogens is 1. The minimum Gasteiger partial charge on any atom is -0.507 e. The molecule has 1 aliphatic rings. The Labute approximate surface area is 168 Å². The van der Waals surface area contributed by atoms with Crippen molar-refractivity contribution in [2.24, 2.45) is 10.2 Å². The number of hydrogen-bond acceptors (Lipinski definition) is 8. The van der Waals surface area contributed by atoms with Crippen LogP contribution in [0.4, 0.5) is 11.4 Å². The molecule has 0 saturated heterocycles. The molecule has 30 heavy (non-hydrogen) atoms. The maximum atomic E-state index is 13.0. The summed E-state index contributed by atoms with van der Waals surface area (Å²) in [6, 6.07) is 10.4. The van der Waals surface area contributed by atoms with E-state index in [1.165, 1.54) is 43.3 Å². The summed E-state index contributed by atoms with van der Waals surface area (Å²) < 4.78 is 0. The van der Waals surface area contributed by atoms with Gasteiger partial charge in [0.05, 0.1) is 16.8 Å². The number of carbonyl (C=O) groups excluding carboxylic acids is 2. The van der Waals surface area contributed by atoms with Gasteiger partial charge in [0.2, 0.25) is 5.88 Å². The molecule has 146 valence electrons. The molecule has 9 heteroatoms. The monoisotopic (exact) mass is 400 g/mol. The van der Waals surface area contributed by atoms with Crippen molar-refractivity contribution in [3.63, 3.8) is 0 Å². The van der Waals surface area contributed by atoms with Crippen LogP contribution in [0.25, 0.3) is 0 Å². The Bertz CT molecular complexity index is 1400. The van der Waals surface area contributed by atoms with E-state index in [1.54, 1.807) is 6.07 Å². The number of phenols is 1. The number of nitrogens with one attached hydrogen (secondary N) is 1. The first-order valence-corrected chi connectivity index (χ1v) is 8.67. The smallest absolute Gasteiger partial charge is 0.278 e. The lowest BCUT2D eigenvalue weighted by atomic mass is 9.83. The van der Waals surface area contributed by atoms with Crippen molar-refractivity contribution in [3.05, 3.63) is 80.1 Å². The highest BCUT2D eigenvalue weighted by molar-refractivity contribution is 6.30. The molecule has 3 aromatic rings. The number of rotatable bonds is 2. The van der Waals surface area contributed by atoms with E-state index in [1.807, 2.05) is 0 Å². The maximum Gasteiger partial charge on any atom is 0.278 e. The average Bonchev–Trinajstić information content (AvgIpc) is 2.71. The Morgan fingerprint density at radius 1 is 0.933 bits per heavy atom. The molecule has 0 amide bonds. The summed E-state index contributed by atoms with van der Waals surface area (Å²) in [5.74, 6) is -1.91. The SMILES string of the molecule is Cc1c(C#N)c(O)[nH]c(=O)c1N=Nc1cccc2c1C(=O)c1cccc(O)c1C2=O. The molecular weight excluding hydrogens is 388 g/mol. The fourth-order valence-corrected chi connectivity index (χ4v) is 3.35. The molecule has 2 aromatic carbocycles. The fourth-order valence-electron chi connectivity index (χ4n) is 3.35. The van der Waals surface area contributed by atoms with Gasteiger partial charge in [-0.25, -0.2) is 0 Å². The van der Waals surface area contributed by atoms with Crippen LogP contribution < -0.4 is 5.56 Å². The number of ketones is 2. The molecule has 1 aromatic heterocycles. The number of hydrogen-bond donors (Lipinski definition) is 3. The first kappa shape index (κ1) is 18.8. The van der Waals surface area contributed by atoms with Gasteiger partial charge in [-0.1, -0.05) is 24.3 Å². The van der Waals surface area contributed by atoms with Crippen LogP contribution in [0.1, 0.15) is 43.0 Å². The number of fused-ring (bicyclic) bond motifs is 2.